The maximum Gasteiger partial charge on any atom is 0.245 e. The number of hydrogen-bond donors (Lipinski definition) is 1. The molecule has 1 aromatic rings. The summed E-state index contributed by atoms with van der Waals surface area (Å²) in [7, 11) is 0. The summed E-state index contributed by atoms with van der Waals surface area (Å²) in [5.41, 5.74) is 0.184. The van der Waals surface area contributed by atoms with E-state index in [2.05, 4.69) is 5.32 Å². The zero-order valence-electron chi connectivity index (χ0n) is 10.6. The van der Waals surface area contributed by atoms with Gasteiger partial charge in [-0.05, 0) is 19.9 Å². The van der Waals surface area contributed by atoms with Gasteiger partial charge in [0.15, 0.2) is 0 Å². The Bertz CT molecular complexity index is 533. The topological polar surface area (TPSA) is 49.4 Å². The fourth-order valence-electron chi connectivity index (χ4n) is 2.03. The second kappa shape index (κ2) is 4.95. The van der Waals surface area contributed by atoms with Gasteiger partial charge in [0.1, 0.15) is 23.7 Å². The van der Waals surface area contributed by atoms with Gasteiger partial charge in [-0.1, -0.05) is 6.07 Å². The van der Waals surface area contributed by atoms with E-state index in [1.54, 1.807) is 13.8 Å². The Morgan fingerprint density at radius 1 is 1.26 bits per heavy atom. The third-order valence-electron chi connectivity index (χ3n) is 3.22. The largest absolute Gasteiger partial charge is 0.343 e. The van der Waals surface area contributed by atoms with Crippen LogP contribution in [-0.4, -0.2) is 28.8 Å². The average molecular weight is 268 g/mol. The molecule has 1 saturated heterocycles. The van der Waals surface area contributed by atoms with Gasteiger partial charge in [0.05, 0.1) is 0 Å². The molecule has 1 N–H and O–H groups in total. The number of halogens is 2. The summed E-state index contributed by atoms with van der Waals surface area (Å²) in [4.78, 5) is 24.9. The van der Waals surface area contributed by atoms with Gasteiger partial charge in [0, 0.05) is 18.2 Å². The summed E-state index contributed by atoms with van der Waals surface area (Å²) in [5.74, 6) is -1.96. The van der Waals surface area contributed by atoms with Crippen LogP contribution in [0.1, 0.15) is 19.4 Å². The zero-order valence-corrected chi connectivity index (χ0v) is 10.6. The van der Waals surface area contributed by atoms with Gasteiger partial charge in [-0.15, -0.1) is 0 Å². The van der Waals surface area contributed by atoms with Crippen LogP contribution >= 0.6 is 0 Å². The summed E-state index contributed by atoms with van der Waals surface area (Å²) in [6.45, 7) is 3.09. The number of carbonyl (C=O) groups is 2. The second-order valence-corrected chi connectivity index (χ2v) is 4.61. The SMILES string of the molecule is CC1NC(=O)C(C)N(Cc2ccc(F)cc2F)C1=O. The third kappa shape index (κ3) is 2.57. The Labute approximate surface area is 109 Å². The van der Waals surface area contributed by atoms with Crippen LogP contribution in [0.5, 0.6) is 0 Å². The number of rotatable bonds is 2. The predicted octanol–water partition coefficient (Wildman–Crippen LogP) is 1.20. The molecular formula is C13H14F2N2O2. The van der Waals surface area contributed by atoms with E-state index in [9.17, 15) is 18.4 Å². The Morgan fingerprint density at radius 2 is 1.95 bits per heavy atom. The molecule has 0 aromatic heterocycles. The first kappa shape index (κ1) is 13.5. The second-order valence-electron chi connectivity index (χ2n) is 4.61. The summed E-state index contributed by atoms with van der Waals surface area (Å²) in [5, 5.41) is 2.53. The molecule has 102 valence electrons. The monoisotopic (exact) mass is 268 g/mol. The molecule has 2 unspecified atom stereocenters. The molecule has 1 aliphatic heterocycles. The van der Waals surface area contributed by atoms with Crippen molar-refractivity contribution in [3.63, 3.8) is 0 Å². The fourth-order valence-corrected chi connectivity index (χ4v) is 2.03. The molecule has 0 aliphatic carbocycles. The Morgan fingerprint density at radius 3 is 2.58 bits per heavy atom. The van der Waals surface area contributed by atoms with Crippen molar-refractivity contribution in [3.05, 3.63) is 35.4 Å². The van der Waals surface area contributed by atoms with Crippen LogP contribution in [0, 0.1) is 11.6 Å². The normalized spacial score (nSPS) is 23.5. The summed E-state index contributed by atoms with van der Waals surface area (Å²) in [6, 6.07) is 1.86. The summed E-state index contributed by atoms with van der Waals surface area (Å²) in [6.07, 6.45) is 0. The summed E-state index contributed by atoms with van der Waals surface area (Å²) < 4.78 is 26.4. The van der Waals surface area contributed by atoms with Gasteiger partial charge in [-0.3, -0.25) is 9.59 Å². The van der Waals surface area contributed by atoms with Crippen LogP contribution in [0.4, 0.5) is 8.78 Å². The highest BCUT2D eigenvalue weighted by Gasteiger charge is 2.35. The first-order valence-corrected chi connectivity index (χ1v) is 5.95. The highest BCUT2D eigenvalue weighted by atomic mass is 19.1. The molecule has 0 saturated carbocycles. The van der Waals surface area contributed by atoms with E-state index < -0.39 is 23.7 Å². The molecule has 6 heteroatoms. The van der Waals surface area contributed by atoms with E-state index >= 15 is 0 Å². The quantitative estimate of drug-likeness (QED) is 0.876. The lowest BCUT2D eigenvalue weighted by Crippen LogP contribution is -2.61. The van der Waals surface area contributed by atoms with E-state index in [0.29, 0.717) is 0 Å². The molecule has 1 aliphatic rings. The minimum Gasteiger partial charge on any atom is -0.343 e. The van der Waals surface area contributed by atoms with Crippen molar-refractivity contribution in [2.45, 2.75) is 32.5 Å². The highest BCUT2D eigenvalue weighted by Crippen LogP contribution is 2.17. The van der Waals surface area contributed by atoms with E-state index in [-0.39, 0.29) is 23.9 Å². The molecule has 0 radical (unpaired) electrons. The molecule has 2 rings (SSSR count). The number of piperazine rings is 1. The average Bonchev–Trinajstić information content (AvgIpc) is 2.34. The Balaban J connectivity index is 2.25. The maximum atomic E-state index is 13.6. The van der Waals surface area contributed by atoms with Crippen molar-refractivity contribution in [3.8, 4) is 0 Å². The van der Waals surface area contributed by atoms with Gasteiger partial charge in [0.2, 0.25) is 11.8 Å². The van der Waals surface area contributed by atoms with Crippen LogP contribution in [0.2, 0.25) is 0 Å². The smallest absolute Gasteiger partial charge is 0.245 e. The van der Waals surface area contributed by atoms with Gasteiger partial charge in [-0.25, -0.2) is 8.78 Å². The van der Waals surface area contributed by atoms with Crippen LogP contribution in [0.3, 0.4) is 0 Å². The minimum absolute atomic E-state index is 0.0517. The van der Waals surface area contributed by atoms with Crippen molar-refractivity contribution in [2.24, 2.45) is 0 Å². The maximum absolute atomic E-state index is 13.6. The lowest BCUT2D eigenvalue weighted by Gasteiger charge is -2.36. The van der Waals surface area contributed by atoms with Crippen LogP contribution < -0.4 is 5.32 Å². The molecule has 4 nitrogen and oxygen atoms in total. The summed E-state index contributed by atoms with van der Waals surface area (Å²) >= 11 is 0. The van der Waals surface area contributed by atoms with E-state index in [0.717, 1.165) is 12.1 Å². The number of hydrogen-bond acceptors (Lipinski definition) is 2. The number of benzene rings is 1. The van der Waals surface area contributed by atoms with Crippen LogP contribution in [0.25, 0.3) is 0 Å². The van der Waals surface area contributed by atoms with Gasteiger partial charge in [0.25, 0.3) is 0 Å². The molecule has 0 spiro atoms. The first-order chi connectivity index (χ1) is 8.90. The van der Waals surface area contributed by atoms with Crippen molar-refractivity contribution < 1.29 is 18.4 Å². The highest BCUT2D eigenvalue weighted by molar-refractivity contribution is 5.96. The predicted molar refractivity (Wildman–Crippen MR) is 64.0 cm³/mol. The van der Waals surface area contributed by atoms with Crippen LogP contribution in [0.15, 0.2) is 18.2 Å². The molecule has 1 heterocycles. The van der Waals surface area contributed by atoms with Gasteiger partial charge in [-0.2, -0.15) is 0 Å². The first-order valence-electron chi connectivity index (χ1n) is 5.95. The molecule has 19 heavy (non-hydrogen) atoms. The van der Waals surface area contributed by atoms with E-state index in [1.165, 1.54) is 11.0 Å². The van der Waals surface area contributed by atoms with Crippen LogP contribution in [-0.2, 0) is 16.1 Å². The van der Waals surface area contributed by atoms with Crippen molar-refractivity contribution in [1.29, 1.82) is 0 Å². The lowest BCUT2D eigenvalue weighted by molar-refractivity contribution is -0.148. The molecular weight excluding hydrogens is 254 g/mol. The standard InChI is InChI=1S/C13H14F2N2O2/c1-7-13(19)17(8(2)12(18)16-7)6-9-3-4-10(14)5-11(9)15/h3-5,7-8H,6H2,1-2H3,(H,16,18). The molecule has 2 amide bonds. The van der Waals surface area contributed by atoms with Gasteiger partial charge >= 0.3 is 0 Å². The molecule has 1 aromatic carbocycles. The molecule has 1 fully saturated rings. The Kier molecular flexibility index (Phi) is 3.50. The minimum atomic E-state index is -0.723. The molecule has 2 atom stereocenters. The molecule has 0 bridgehead atoms. The van der Waals surface area contributed by atoms with E-state index in [1.807, 2.05) is 0 Å². The number of nitrogens with zero attached hydrogens (tertiary/aromatic N) is 1. The zero-order chi connectivity index (χ0) is 14.2. The fraction of sp³-hybridized carbons (Fsp3) is 0.385. The number of carbonyl (C=O) groups excluding carboxylic acids is 2. The van der Waals surface area contributed by atoms with Crippen molar-refractivity contribution in [1.82, 2.24) is 10.2 Å². The number of nitrogens with one attached hydrogen (secondary N) is 1. The number of amides is 2. The van der Waals surface area contributed by atoms with Gasteiger partial charge < -0.3 is 10.2 Å². The Hall–Kier alpha value is -1.98. The lowest BCUT2D eigenvalue weighted by atomic mass is 10.1. The van der Waals surface area contributed by atoms with E-state index in [4.69, 9.17) is 0 Å². The third-order valence-corrected chi connectivity index (χ3v) is 3.22. The van der Waals surface area contributed by atoms with Crippen molar-refractivity contribution >= 4 is 11.8 Å². The van der Waals surface area contributed by atoms with Crippen molar-refractivity contribution in [2.75, 3.05) is 0 Å².